The van der Waals surface area contributed by atoms with E-state index in [1.54, 1.807) is 23.9 Å². The normalized spacial score (nSPS) is 20.3. The molecule has 0 spiro atoms. The number of alkyl halides is 3. The Hall–Kier alpha value is -1.89. The summed E-state index contributed by atoms with van der Waals surface area (Å²) in [5, 5.41) is 10.6. The van der Waals surface area contributed by atoms with Crippen molar-refractivity contribution in [3.05, 3.63) is 47.5 Å². The van der Waals surface area contributed by atoms with Gasteiger partial charge < -0.3 is 10.6 Å². The highest BCUT2D eigenvalue weighted by atomic mass is 127. The van der Waals surface area contributed by atoms with Gasteiger partial charge in [0.1, 0.15) is 12.2 Å². The van der Waals surface area contributed by atoms with E-state index in [0.29, 0.717) is 19.0 Å². The maximum Gasteiger partial charge on any atom is 0.416 e. The average molecular weight is 551 g/mol. The summed E-state index contributed by atoms with van der Waals surface area (Å²) in [4.78, 5) is 10.6. The summed E-state index contributed by atoms with van der Waals surface area (Å²) in [6, 6.07) is 5.59. The third-order valence-electron chi connectivity index (χ3n) is 5.56. The van der Waals surface area contributed by atoms with E-state index in [1.165, 1.54) is 18.5 Å². The Bertz CT molecular complexity index is 851. The molecule has 1 fully saturated rings. The van der Waals surface area contributed by atoms with Crippen LogP contribution in [0, 0.1) is 5.92 Å². The lowest BCUT2D eigenvalue weighted by molar-refractivity contribution is -0.137. The highest BCUT2D eigenvalue weighted by Crippen LogP contribution is 2.36. The van der Waals surface area contributed by atoms with E-state index < -0.39 is 11.7 Å². The number of aryl methyl sites for hydroxylation is 1. The number of nitrogens with one attached hydrogen (secondary N) is 2. The summed E-state index contributed by atoms with van der Waals surface area (Å²) in [6.45, 7) is 2.07. The smallest absolute Gasteiger partial charge is 0.356 e. The number of rotatable bonds is 5. The van der Waals surface area contributed by atoms with E-state index in [9.17, 15) is 13.2 Å². The number of likely N-dealkylation sites (tertiary alicyclic amines) is 1. The topological polar surface area (TPSA) is 70.4 Å². The Morgan fingerprint density at radius 2 is 1.90 bits per heavy atom. The molecule has 0 aliphatic carbocycles. The summed E-state index contributed by atoms with van der Waals surface area (Å²) >= 11 is 0. The van der Waals surface area contributed by atoms with Gasteiger partial charge in [0.15, 0.2) is 5.96 Å². The quantitative estimate of drug-likeness (QED) is 0.340. The zero-order chi connectivity index (χ0) is 21.7. The molecule has 2 N–H and O–H groups in total. The van der Waals surface area contributed by atoms with Crippen molar-refractivity contribution in [3.63, 3.8) is 0 Å². The Kier molecular flexibility index (Phi) is 9.10. The fourth-order valence-electron chi connectivity index (χ4n) is 3.96. The SMILES string of the molecule is CN=C(NCc1ncnn1C)NCC1CCCN(C)C1c1ccc(C(F)(F)F)cc1.I. The van der Waals surface area contributed by atoms with Crippen LogP contribution in [0.3, 0.4) is 0 Å². The van der Waals surface area contributed by atoms with Crippen LogP contribution in [-0.4, -0.2) is 52.8 Å². The third-order valence-corrected chi connectivity index (χ3v) is 5.56. The minimum Gasteiger partial charge on any atom is -0.356 e. The van der Waals surface area contributed by atoms with Crippen LogP contribution in [0.1, 0.15) is 35.8 Å². The molecule has 1 aliphatic rings. The van der Waals surface area contributed by atoms with Gasteiger partial charge in [-0.05, 0) is 50.0 Å². The number of halogens is 4. The summed E-state index contributed by atoms with van der Waals surface area (Å²) in [5.41, 5.74) is 0.284. The lowest BCUT2D eigenvalue weighted by Gasteiger charge is -2.40. The van der Waals surface area contributed by atoms with Gasteiger partial charge in [0.2, 0.25) is 0 Å². The molecule has 11 heteroatoms. The fraction of sp³-hybridized carbons (Fsp3) is 0.550. The van der Waals surface area contributed by atoms with Crippen molar-refractivity contribution in [3.8, 4) is 0 Å². The first-order valence-corrected chi connectivity index (χ1v) is 9.94. The summed E-state index contributed by atoms with van der Waals surface area (Å²) in [6.07, 6.45) is -0.785. The minimum atomic E-state index is -4.32. The number of aliphatic imine (C=N–C) groups is 1. The zero-order valence-corrected chi connectivity index (χ0v) is 20.2. The maximum absolute atomic E-state index is 12.9. The number of hydrogen-bond acceptors (Lipinski definition) is 4. The molecule has 1 saturated heterocycles. The number of aromatic nitrogens is 3. The van der Waals surface area contributed by atoms with E-state index in [-0.39, 0.29) is 35.9 Å². The zero-order valence-electron chi connectivity index (χ0n) is 17.9. The molecule has 0 saturated carbocycles. The number of nitrogens with zero attached hydrogens (tertiary/aromatic N) is 5. The van der Waals surface area contributed by atoms with Crippen LogP contribution in [-0.2, 0) is 19.8 Å². The Labute approximate surface area is 197 Å². The second-order valence-electron chi connectivity index (χ2n) is 7.55. The van der Waals surface area contributed by atoms with Gasteiger partial charge in [0.25, 0.3) is 0 Å². The van der Waals surface area contributed by atoms with Crippen LogP contribution in [0.15, 0.2) is 35.6 Å². The highest BCUT2D eigenvalue weighted by molar-refractivity contribution is 14.0. The molecule has 0 bridgehead atoms. The van der Waals surface area contributed by atoms with E-state index in [4.69, 9.17) is 0 Å². The molecule has 3 rings (SSSR count). The van der Waals surface area contributed by atoms with Crippen molar-refractivity contribution in [2.45, 2.75) is 31.6 Å². The van der Waals surface area contributed by atoms with E-state index in [2.05, 4.69) is 30.6 Å². The molecule has 1 aliphatic heterocycles. The van der Waals surface area contributed by atoms with Gasteiger partial charge in [0, 0.05) is 26.7 Å². The number of guanidine groups is 1. The molecule has 0 radical (unpaired) electrons. The van der Waals surface area contributed by atoms with Crippen molar-refractivity contribution in [2.75, 3.05) is 27.2 Å². The van der Waals surface area contributed by atoms with Crippen molar-refractivity contribution in [2.24, 2.45) is 18.0 Å². The van der Waals surface area contributed by atoms with Gasteiger partial charge in [0.05, 0.1) is 12.1 Å². The molecule has 0 amide bonds. The first-order chi connectivity index (χ1) is 14.3. The van der Waals surface area contributed by atoms with Gasteiger partial charge in [-0.2, -0.15) is 18.3 Å². The standard InChI is InChI=1S/C20H28F3N7.HI/c1-24-19(26-12-17-27-13-28-30(17)3)25-11-15-5-4-10-29(2)18(15)14-6-8-16(9-7-14)20(21,22)23;/h6-9,13,15,18H,4-5,10-12H2,1-3H3,(H2,24,25,26);1H. The van der Waals surface area contributed by atoms with Crippen LogP contribution in [0.25, 0.3) is 0 Å². The largest absolute Gasteiger partial charge is 0.416 e. The molecule has 2 heterocycles. The molecule has 1 aromatic heterocycles. The molecule has 172 valence electrons. The summed E-state index contributed by atoms with van der Waals surface area (Å²) in [5.74, 6) is 1.68. The van der Waals surface area contributed by atoms with Gasteiger partial charge in [-0.1, -0.05) is 12.1 Å². The Morgan fingerprint density at radius 1 is 1.19 bits per heavy atom. The Balaban J connectivity index is 0.00000341. The van der Waals surface area contributed by atoms with Crippen molar-refractivity contribution < 1.29 is 13.2 Å². The Morgan fingerprint density at radius 3 is 2.48 bits per heavy atom. The number of piperidine rings is 1. The monoisotopic (exact) mass is 551 g/mol. The van der Waals surface area contributed by atoms with Crippen molar-refractivity contribution in [1.29, 1.82) is 0 Å². The average Bonchev–Trinajstić information content (AvgIpc) is 3.12. The predicted octanol–water partition coefficient (Wildman–Crippen LogP) is 3.20. The lowest BCUT2D eigenvalue weighted by Crippen LogP contribution is -2.45. The van der Waals surface area contributed by atoms with E-state index in [0.717, 1.165) is 30.8 Å². The van der Waals surface area contributed by atoms with E-state index in [1.807, 2.05) is 14.1 Å². The van der Waals surface area contributed by atoms with Crippen molar-refractivity contribution >= 4 is 29.9 Å². The molecule has 2 atom stereocenters. The fourth-order valence-corrected chi connectivity index (χ4v) is 3.96. The van der Waals surface area contributed by atoms with Crippen LogP contribution in [0.4, 0.5) is 13.2 Å². The first-order valence-electron chi connectivity index (χ1n) is 9.94. The van der Waals surface area contributed by atoms with Gasteiger partial charge in [-0.25, -0.2) is 4.98 Å². The molecule has 2 unspecified atom stereocenters. The molecule has 2 aromatic rings. The molecule has 7 nitrogen and oxygen atoms in total. The third kappa shape index (κ3) is 6.55. The maximum atomic E-state index is 12.9. The predicted molar refractivity (Wildman–Crippen MR) is 124 cm³/mol. The van der Waals surface area contributed by atoms with Gasteiger partial charge >= 0.3 is 6.18 Å². The molecule has 1 aromatic carbocycles. The van der Waals surface area contributed by atoms with Crippen LogP contribution in [0.2, 0.25) is 0 Å². The summed E-state index contributed by atoms with van der Waals surface area (Å²) < 4.78 is 40.4. The lowest BCUT2D eigenvalue weighted by atomic mass is 9.84. The second kappa shape index (κ2) is 11.1. The van der Waals surface area contributed by atoms with Gasteiger partial charge in [-0.3, -0.25) is 14.6 Å². The van der Waals surface area contributed by atoms with Gasteiger partial charge in [-0.15, -0.1) is 24.0 Å². The van der Waals surface area contributed by atoms with Crippen LogP contribution in [0.5, 0.6) is 0 Å². The number of benzene rings is 1. The first kappa shape index (κ1) is 25.4. The van der Waals surface area contributed by atoms with E-state index >= 15 is 0 Å². The van der Waals surface area contributed by atoms with Crippen LogP contribution < -0.4 is 10.6 Å². The van der Waals surface area contributed by atoms with Crippen LogP contribution >= 0.6 is 24.0 Å². The summed E-state index contributed by atoms with van der Waals surface area (Å²) in [7, 11) is 5.55. The molecular formula is C20H29F3IN7. The minimum absolute atomic E-state index is 0. The molecular weight excluding hydrogens is 522 g/mol. The molecule has 31 heavy (non-hydrogen) atoms. The van der Waals surface area contributed by atoms with Crippen molar-refractivity contribution in [1.82, 2.24) is 30.3 Å². The number of hydrogen-bond donors (Lipinski definition) is 2. The second-order valence-corrected chi connectivity index (χ2v) is 7.55. The highest BCUT2D eigenvalue weighted by Gasteiger charge is 2.33.